The largest absolute Gasteiger partial charge is 0.477 e. The molecule has 4 bridgehead atoms. The van der Waals surface area contributed by atoms with Crippen molar-refractivity contribution in [3.8, 4) is 28.5 Å². The van der Waals surface area contributed by atoms with Crippen molar-refractivity contribution in [1.82, 2.24) is 39.4 Å². The molecule has 1 atom stereocenters. The van der Waals surface area contributed by atoms with Gasteiger partial charge in [0.15, 0.2) is 5.82 Å². The molecule has 0 radical (unpaired) electrons. The number of pyridine rings is 1. The Morgan fingerprint density at radius 3 is 2.64 bits per heavy atom. The Balaban J connectivity index is 1.25. The van der Waals surface area contributed by atoms with Gasteiger partial charge in [-0.3, -0.25) is 4.68 Å². The molecule has 45 heavy (non-hydrogen) atoms. The number of anilines is 3. The van der Waals surface area contributed by atoms with Gasteiger partial charge in [0, 0.05) is 67.7 Å². The van der Waals surface area contributed by atoms with Gasteiger partial charge in [0.2, 0.25) is 5.88 Å². The van der Waals surface area contributed by atoms with E-state index in [0.717, 1.165) is 66.7 Å². The molecule has 1 fully saturated rings. The zero-order valence-electron chi connectivity index (χ0n) is 26.2. The number of aromatic nitrogens is 7. The maximum atomic E-state index is 15.3. The van der Waals surface area contributed by atoms with Gasteiger partial charge in [-0.1, -0.05) is 13.8 Å². The predicted octanol–water partition coefficient (Wildman–Crippen LogP) is 5.83. The maximum absolute atomic E-state index is 15.3. The fraction of sp³-hybridized carbons (Fsp3) is 0.424. The number of benzene rings is 1. The number of nitrogens with zero attached hydrogens (tertiary/aromatic N) is 9. The van der Waals surface area contributed by atoms with Crippen molar-refractivity contribution < 1.29 is 9.13 Å². The SMILES string of the molecule is CCN(CC)C1CCN(c2cc(F)cc(-c3nn4c5cc(ncc35)Nc3ccnc(n3)-c3cnn(C)c3OCC[C@@H]4C)c2)CC1. The van der Waals surface area contributed by atoms with Crippen molar-refractivity contribution >= 4 is 28.2 Å². The van der Waals surface area contributed by atoms with E-state index in [0.29, 0.717) is 48.1 Å². The Kier molecular flexibility index (Phi) is 7.82. The first-order chi connectivity index (χ1) is 21.9. The molecule has 0 unspecified atom stereocenters. The van der Waals surface area contributed by atoms with Crippen LogP contribution in [0.1, 0.15) is 46.1 Å². The van der Waals surface area contributed by atoms with Crippen LogP contribution < -0.4 is 15.0 Å². The molecular weight excluding hydrogens is 571 g/mol. The van der Waals surface area contributed by atoms with Crippen LogP contribution in [0.15, 0.2) is 48.9 Å². The second kappa shape index (κ2) is 12.1. The smallest absolute Gasteiger partial charge is 0.222 e. The van der Waals surface area contributed by atoms with Gasteiger partial charge in [0.25, 0.3) is 0 Å². The predicted molar refractivity (Wildman–Crippen MR) is 173 cm³/mol. The highest BCUT2D eigenvalue weighted by Crippen LogP contribution is 2.36. The lowest BCUT2D eigenvalue weighted by atomic mass is 10.0. The van der Waals surface area contributed by atoms with E-state index < -0.39 is 0 Å². The number of rotatable bonds is 5. The maximum Gasteiger partial charge on any atom is 0.222 e. The molecule has 12 heteroatoms. The lowest BCUT2D eigenvalue weighted by Gasteiger charge is -2.38. The van der Waals surface area contributed by atoms with Crippen LogP contribution in [0.2, 0.25) is 0 Å². The molecule has 5 aromatic rings. The van der Waals surface area contributed by atoms with Gasteiger partial charge < -0.3 is 19.9 Å². The summed E-state index contributed by atoms with van der Waals surface area (Å²) >= 11 is 0. The number of hydrogen-bond acceptors (Lipinski definition) is 9. The normalized spacial score (nSPS) is 17.3. The molecule has 1 saturated heterocycles. The quantitative estimate of drug-likeness (QED) is 0.264. The third kappa shape index (κ3) is 5.58. The molecule has 6 heterocycles. The Morgan fingerprint density at radius 2 is 1.84 bits per heavy atom. The van der Waals surface area contributed by atoms with E-state index in [1.54, 1.807) is 35.3 Å². The minimum atomic E-state index is -0.270. The molecule has 1 aromatic carbocycles. The number of fused-ring (bicyclic) bond motifs is 5. The summed E-state index contributed by atoms with van der Waals surface area (Å²) < 4.78 is 25.2. The second-order valence-corrected chi connectivity index (χ2v) is 11.9. The molecular formula is C33H39FN10O. The number of ether oxygens (including phenoxy) is 1. The van der Waals surface area contributed by atoms with Crippen LogP contribution in [0.4, 0.5) is 21.7 Å². The molecule has 0 saturated carbocycles. The minimum absolute atomic E-state index is 0.0164. The Labute approximate surface area is 262 Å². The van der Waals surface area contributed by atoms with Crippen molar-refractivity contribution in [3.05, 3.63) is 54.7 Å². The van der Waals surface area contributed by atoms with Gasteiger partial charge in [-0.15, -0.1) is 0 Å². The Bertz CT molecular complexity index is 1820. The fourth-order valence-corrected chi connectivity index (χ4v) is 6.66. The van der Waals surface area contributed by atoms with Crippen LogP contribution >= 0.6 is 0 Å². The van der Waals surface area contributed by atoms with Crippen LogP contribution in [0.3, 0.4) is 0 Å². The molecule has 234 valence electrons. The van der Waals surface area contributed by atoms with Crippen molar-refractivity contribution in [1.29, 1.82) is 0 Å². The number of halogens is 1. The summed E-state index contributed by atoms with van der Waals surface area (Å²) in [7, 11) is 1.84. The van der Waals surface area contributed by atoms with Crippen molar-refractivity contribution in [3.63, 3.8) is 0 Å². The van der Waals surface area contributed by atoms with Gasteiger partial charge in [-0.2, -0.15) is 10.2 Å². The molecule has 4 aromatic heterocycles. The van der Waals surface area contributed by atoms with Crippen molar-refractivity contribution in [2.75, 3.05) is 43.0 Å². The number of nitrogens with one attached hydrogen (secondary N) is 1. The zero-order valence-corrected chi connectivity index (χ0v) is 26.2. The first kappa shape index (κ1) is 29.1. The topological polar surface area (TPSA) is 102 Å². The summed E-state index contributed by atoms with van der Waals surface area (Å²) in [4.78, 5) is 18.7. The monoisotopic (exact) mass is 610 g/mol. The number of aryl methyl sites for hydroxylation is 1. The summed E-state index contributed by atoms with van der Waals surface area (Å²) in [6, 6.07) is 9.62. The van der Waals surface area contributed by atoms with Crippen LogP contribution in [-0.2, 0) is 7.05 Å². The zero-order chi connectivity index (χ0) is 31.1. The van der Waals surface area contributed by atoms with Crippen LogP contribution in [-0.4, -0.2) is 78.2 Å². The third-order valence-electron chi connectivity index (χ3n) is 9.14. The summed E-state index contributed by atoms with van der Waals surface area (Å²) in [5.74, 6) is 2.07. The lowest BCUT2D eigenvalue weighted by molar-refractivity contribution is 0.186. The molecule has 0 aliphatic carbocycles. The van der Waals surface area contributed by atoms with E-state index in [1.165, 1.54) is 0 Å². The van der Waals surface area contributed by atoms with Crippen molar-refractivity contribution in [2.24, 2.45) is 7.05 Å². The summed E-state index contributed by atoms with van der Waals surface area (Å²) in [5, 5.41) is 13.7. The van der Waals surface area contributed by atoms with E-state index >= 15 is 4.39 Å². The van der Waals surface area contributed by atoms with Gasteiger partial charge in [0.05, 0.1) is 24.4 Å². The van der Waals surface area contributed by atoms with E-state index in [1.807, 2.05) is 24.0 Å². The summed E-state index contributed by atoms with van der Waals surface area (Å²) in [5.41, 5.74) is 3.95. The third-order valence-corrected chi connectivity index (χ3v) is 9.14. The first-order valence-corrected chi connectivity index (χ1v) is 15.8. The Hall–Kier alpha value is -4.58. The van der Waals surface area contributed by atoms with Crippen LogP contribution in [0, 0.1) is 5.82 Å². The highest BCUT2D eigenvalue weighted by atomic mass is 19.1. The number of hydrogen-bond donors (Lipinski definition) is 1. The number of piperidine rings is 1. The molecule has 1 N–H and O–H groups in total. The molecule has 0 spiro atoms. The van der Waals surface area contributed by atoms with Gasteiger partial charge >= 0.3 is 0 Å². The molecule has 7 rings (SSSR count). The second-order valence-electron chi connectivity index (χ2n) is 11.9. The van der Waals surface area contributed by atoms with Gasteiger partial charge in [-0.25, -0.2) is 24.0 Å². The molecule has 11 nitrogen and oxygen atoms in total. The minimum Gasteiger partial charge on any atom is -0.477 e. The first-order valence-electron chi connectivity index (χ1n) is 15.8. The lowest BCUT2D eigenvalue weighted by Crippen LogP contribution is -2.44. The average molecular weight is 611 g/mol. The fourth-order valence-electron chi connectivity index (χ4n) is 6.66. The van der Waals surface area contributed by atoms with Crippen LogP contribution in [0.5, 0.6) is 5.88 Å². The standard InChI is InChI=1S/C33H39FN10O/c1-5-42(6-2)24-8-12-43(13-9-24)25-16-22(15-23(34)17-25)31-26-19-36-30-18-28(26)44(40-31)21(3)10-14-45-33-27(20-37-41(33)4)32-35-11-7-29(38-30)39-32/h7,11,15-21,24H,5-6,8-10,12-14H2,1-4H3,(H,35,36,38,39)/t21-/m0/s1. The van der Waals surface area contributed by atoms with E-state index in [4.69, 9.17) is 19.8 Å². The van der Waals surface area contributed by atoms with E-state index in [2.05, 4.69) is 52.0 Å². The summed E-state index contributed by atoms with van der Waals surface area (Å²) in [6.45, 7) is 10.9. The highest BCUT2D eigenvalue weighted by Gasteiger charge is 2.25. The van der Waals surface area contributed by atoms with Gasteiger partial charge in [-0.05, 0) is 57.1 Å². The highest BCUT2D eigenvalue weighted by molar-refractivity contribution is 5.94. The molecule has 2 aliphatic heterocycles. The Morgan fingerprint density at radius 1 is 1.02 bits per heavy atom. The summed E-state index contributed by atoms with van der Waals surface area (Å²) in [6.07, 6.45) is 8.04. The molecule has 2 aliphatic rings. The van der Waals surface area contributed by atoms with Gasteiger partial charge in [0.1, 0.15) is 28.7 Å². The van der Waals surface area contributed by atoms with Crippen LogP contribution in [0.25, 0.3) is 33.5 Å². The molecule has 0 amide bonds. The average Bonchev–Trinajstić information content (AvgIpc) is 3.61. The van der Waals surface area contributed by atoms with E-state index in [9.17, 15) is 0 Å². The van der Waals surface area contributed by atoms with E-state index in [-0.39, 0.29) is 11.9 Å². The van der Waals surface area contributed by atoms with Crippen molar-refractivity contribution in [2.45, 2.75) is 52.1 Å².